The van der Waals surface area contributed by atoms with Gasteiger partial charge in [-0.1, -0.05) is 6.07 Å². The van der Waals surface area contributed by atoms with Gasteiger partial charge in [-0.05, 0) is 32.2 Å². The highest BCUT2D eigenvalue weighted by Crippen LogP contribution is 2.32. The van der Waals surface area contributed by atoms with Crippen LogP contribution in [0.1, 0.15) is 19.4 Å². The molecule has 6 heteroatoms. The summed E-state index contributed by atoms with van der Waals surface area (Å²) in [7, 11) is 0. The molecule has 0 amide bonds. The Morgan fingerprint density at radius 3 is 2.37 bits per heavy atom. The van der Waals surface area contributed by atoms with Crippen LogP contribution in [-0.4, -0.2) is 25.0 Å². The minimum atomic E-state index is -4.23. The lowest BCUT2D eigenvalue weighted by molar-refractivity contribution is -0.120. The molecule has 0 spiro atoms. The first-order chi connectivity index (χ1) is 8.80. The Hall–Kier alpha value is -0.880. The Bertz CT molecular complexity index is 419. The average molecular weight is 292 g/mol. The number of nitrogens with zero attached hydrogens (tertiary/aromatic N) is 1. The number of hydrogen-bond donors (Lipinski definition) is 1. The predicted octanol–water partition coefficient (Wildman–Crippen LogP) is 3.64. The molecule has 0 fully saturated rings. The number of halogens is 3. The molecule has 0 aromatic heterocycles. The zero-order valence-electron chi connectivity index (χ0n) is 11.3. The molecule has 1 aromatic rings. The van der Waals surface area contributed by atoms with Crippen molar-refractivity contribution in [3.63, 3.8) is 0 Å². The topological polar surface area (TPSA) is 29.3 Å². The molecule has 0 saturated heterocycles. The second-order valence-electron chi connectivity index (χ2n) is 4.50. The van der Waals surface area contributed by atoms with E-state index in [-0.39, 0.29) is 12.6 Å². The van der Waals surface area contributed by atoms with Crippen LogP contribution in [0.2, 0.25) is 0 Å². The van der Waals surface area contributed by atoms with Gasteiger partial charge >= 0.3 is 6.18 Å². The Labute approximate surface area is 116 Å². The van der Waals surface area contributed by atoms with E-state index in [1.54, 1.807) is 26.0 Å². The highest BCUT2D eigenvalue weighted by molar-refractivity contribution is 7.98. The molecular formula is C13H19F3N2S. The number of anilines is 1. The molecule has 19 heavy (non-hydrogen) atoms. The van der Waals surface area contributed by atoms with E-state index in [0.29, 0.717) is 5.69 Å². The molecule has 1 aromatic carbocycles. The van der Waals surface area contributed by atoms with Crippen molar-refractivity contribution in [1.82, 2.24) is 0 Å². The maximum atomic E-state index is 12.7. The molecule has 0 aliphatic heterocycles. The Morgan fingerprint density at radius 1 is 1.32 bits per heavy atom. The van der Waals surface area contributed by atoms with Crippen LogP contribution in [0.3, 0.4) is 0 Å². The van der Waals surface area contributed by atoms with Gasteiger partial charge in [0.05, 0.1) is 0 Å². The van der Waals surface area contributed by atoms with Gasteiger partial charge in [-0.2, -0.15) is 13.2 Å². The summed E-state index contributed by atoms with van der Waals surface area (Å²) in [4.78, 5) is 2.27. The number of thioether (sulfide) groups is 1. The highest BCUT2D eigenvalue weighted by Gasteiger charge is 2.32. The molecule has 0 unspecified atom stereocenters. The van der Waals surface area contributed by atoms with Crippen molar-refractivity contribution in [2.45, 2.75) is 37.5 Å². The van der Waals surface area contributed by atoms with Crippen LogP contribution >= 0.6 is 11.8 Å². The maximum Gasteiger partial charge on any atom is 0.405 e. The van der Waals surface area contributed by atoms with Crippen molar-refractivity contribution < 1.29 is 13.2 Å². The molecule has 0 bridgehead atoms. The van der Waals surface area contributed by atoms with Crippen molar-refractivity contribution in [2.24, 2.45) is 5.73 Å². The van der Waals surface area contributed by atoms with E-state index >= 15 is 0 Å². The third-order valence-corrected chi connectivity index (χ3v) is 3.64. The lowest BCUT2D eigenvalue weighted by Gasteiger charge is -2.32. The number of rotatable bonds is 5. The Morgan fingerprint density at radius 2 is 1.95 bits per heavy atom. The molecule has 2 nitrogen and oxygen atoms in total. The first-order valence-corrected chi connectivity index (χ1v) is 7.22. The second kappa shape index (κ2) is 6.52. The van der Waals surface area contributed by atoms with Crippen LogP contribution in [0, 0.1) is 0 Å². The lowest BCUT2D eigenvalue weighted by Crippen LogP contribution is -2.39. The molecule has 0 heterocycles. The molecular weight excluding hydrogens is 273 g/mol. The monoisotopic (exact) mass is 292 g/mol. The van der Waals surface area contributed by atoms with Gasteiger partial charge in [-0.25, -0.2) is 0 Å². The highest BCUT2D eigenvalue weighted by atomic mass is 32.2. The van der Waals surface area contributed by atoms with Crippen molar-refractivity contribution in [3.05, 3.63) is 23.8 Å². The fourth-order valence-electron chi connectivity index (χ4n) is 1.96. The molecule has 1 rings (SSSR count). The van der Waals surface area contributed by atoms with Crippen LogP contribution < -0.4 is 10.6 Å². The van der Waals surface area contributed by atoms with E-state index < -0.39 is 12.7 Å². The number of benzene rings is 1. The molecule has 2 N–H and O–H groups in total. The van der Waals surface area contributed by atoms with Crippen LogP contribution in [-0.2, 0) is 6.54 Å². The van der Waals surface area contributed by atoms with Crippen molar-refractivity contribution in [1.29, 1.82) is 0 Å². The molecule has 0 aliphatic rings. The van der Waals surface area contributed by atoms with Gasteiger partial charge in [0, 0.05) is 28.7 Å². The normalized spacial score (nSPS) is 12.0. The van der Waals surface area contributed by atoms with Crippen LogP contribution in [0.15, 0.2) is 23.1 Å². The zero-order valence-corrected chi connectivity index (χ0v) is 12.1. The summed E-state index contributed by atoms with van der Waals surface area (Å²) in [6.45, 7) is 2.76. The van der Waals surface area contributed by atoms with E-state index in [2.05, 4.69) is 0 Å². The molecule has 108 valence electrons. The van der Waals surface area contributed by atoms with E-state index in [0.717, 1.165) is 10.5 Å². The van der Waals surface area contributed by atoms with Gasteiger partial charge in [-0.15, -0.1) is 11.8 Å². The van der Waals surface area contributed by atoms with E-state index in [4.69, 9.17) is 5.73 Å². The smallest absolute Gasteiger partial charge is 0.360 e. The lowest BCUT2D eigenvalue weighted by atomic mass is 10.1. The summed E-state index contributed by atoms with van der Waals surface area (Å²) in [5, 5.41) is 0. The van der Waals surface area contributed by atoms with Crippen LogP contribution in [0.25, 0.3) is 0 Å². The molecule has 0 saturated carbocycles. The summed E-state index contributed by atoms with van der Waals surface area (Å²) in [6.07, 6.45) is -2.34. The molecule has 0 atom stereocenters. The third-order valence-electron chi connectivity index (χ3n) is 2.81. The Kier molecular flexibility index (Phi) is 5.55. The van der Waals surface area contributed by atoms with Gasteiger partial charge in [-0.3, -0.25) is 0 Å². The van der Waals surface area contributed by atoms with Gasteiger partial charge in [0.1, 0.15) is 6.54 Å². The van der Waals surface area contributed by atoms with Gasteiger partial charge in [0.15, 0.2) is 0 Å². The van der Waals surface area contributed by atoms with Crippen LogP contribution in [0.4, 0.5) is 18.9 Å². The largest absolute Gasteiger partial charge is 0.405 e. The fourth-order valence-corrected chi connectivity index (χ4v) is 2.61. The number of nitrogens with two attached hydrogens (primary N) is 1. The summed E-state index contributed by atoms with van der Waals surface area (Å²) in [5.41, 5.74) is 7.05. The minimum Gasteiger partial charge on any atom is -0.360 e. The third kappa shape index (κ3) is 4.31. The quantitative estimate of drug-likeness (QED) is 0.840. The minimum absolute atomic E-state index is 0.230. The number of alkyl halides is 3. The zero-order chi connectivity index (χ0) is 14.6. The van der Waals surface area contributed by atoms with Gasteiger partial charge in [0.25, 0.3) is 0 Å². The van der Waals surface area contributed by atoms with Crippen molar-refractivity contribution in [2.75, 3.05) is 17.7 Å². The first-order valence-electron chi connectivity index (χ1n) is 5.99. The average Bonchev–Trinajstić information content (AvgIpc) is 2.33. The first kappa shape index (κ1) is 16.2. The standard InChI is InChI=1S/C13H19F3N2S/c1-9(2)18(8-13(14,15)16)11-5-4-6-12(19-3)10(11)7-17/h4-6,9H,7-8,17H2,1-3H3. The molecule has 0 radical (unpaired) electrons. The second-order valence-corrected chi connectivity index (χ2v) is 5.35. The summed E-state index contributed by atoms with van der Waals surface area (Å²) < 4.78 is 38.1. The van der Waals surface area contributed by atoms with Crippen molar-refractivity contribution >= 4 is 17.4 Å². The van der Waals surface area contributed by atoms with Crippen LogP contribution in [0.5, 0.6) is 0 Å². The Balaban J connectivity index is 3.23. The van der Waals surface area contributed by atoms with Gasteiger partial charge < -0.3 is 10.6 Å². The van der Waals surface area contributed by atoms with Crippen molar-refractivity contribution in [3.8, 4) is 0 Å². The SMILES string of the molecule is CSc1cccc(N(CC(F)(F)F)C(C)C)c1CN. The summed E-state index contributed by atoms with van der Waals surface area (Å²) in [6, 6.07) is 5.10. The fraction of sp³-hybridized carbons (Fsp3) is 0.538. The van der Waals surface area contributed by atoms with E-state index in [1.165, 1.54) is 16.7 Å². The predicted molar refractivity (Wildman–Crippen MR) is 74.7 cm³/mol. The molecule has 0 aliphatic carbocycles. The van der Waals surface area contributed by atoms with E-state index in [1.807, 2.05) is 12.3 Å². The summed E-state index contributed by atoms with van der Waals surface area (Å²) in [5.74, 6) is 0. The summed E-state index contributed by atoms with van der Waals surface area (Å²) >= 11 is 1.49. The number of hydrogen-bond acceptors (Lipinski definition) is 3. The maximum absolute atomic E-state index is 12.7. The van der Waals surface area contributed by atoms with Gasteiger partial charge in [0.2, 0.25) is 0 Å². The van der Waals surface area contributed by atoms with E-state index in [9.17, 15) is 13.2 Å².